The molecule has 2 heterocycles. The maximum absolute atomic E-state index is 13.7. The third-order valence-corrected chi connectivity index (χ3v) is 7.94. The number of nitrogens with one attached hydrogen (secondary N) is 1. The maximum Gasteiger partial charge on any atom is 0.418 e. The Kier molecular flexibility index (Phi) is 7.24. The number of halogens is 2. The summed E-state index contributed by atoms with van der Waals surface area (Å²) in [5.74, 6) is -1.22. The molecule has 0 radical (unpaired) electrons. The Morgan fingerprint density at radius 1 is 1.03 bits per heavy atom. The fourth-order valence-electron chi connectivity index (χ4n) is 5.89. The van der Waals surface area contributed by atoms with Gasteiger partial charge in [0.05, 0.1) is 0 Å². The topological polar surface area (TPSA) is 79.0 Å². The van der Waals surface area contributed by atoms with Gasteiger partial charge < -0.3 is 10.1 Å². The zero-order valence-corrected chi connectivity index (χ0v) is 20.8. The van der Waals surface area contributed by atoms with Gasteiger partial charge in [-0.2, -0.15) is 0 Å². The van der Waals surface area contributed by atoms with Crippen molar-refractivity contribution in [2.24, 2.45) is 5.92 Å². The van der Waals surface area contributed by atoms with Crippen LogP contribution in [0.15, 0.2) is 42.5 Å². The van der Waals surface area contributed by atoms with Crippen molar-refractivity contribution in [1.82, 2.24) is 15.1 Å². The molecule has 1 saturated carbocycles. The summed E-state index contributed by atoms with van der Waals surface area (Å²) < 4.78 is 32.0. The van der Waals surface area contributed by atoms with Gasteiger partial charge >= 0.3 is 12.1 Å². The SMILES string of the molecule is CC(=O)c1ccccc1C1CCC(N2CC(CNC(=O)N3C(=O)OCC3c3ccc(F)c(F)c3)C2)CC1. The molecule has 196 valence electrons. The molecular weight excluding hydrogens is 480 g/mol. The van der Waals surface area contributed by atoms with Gasteiger partial charge in [0.1, 0.15) is 12.6 Å². The normalized spacial score (nSPS) is 24.5. The average Bonchev–Trinajstić information content (AvgIpc) is 3.26. The Morgan fingerprint density at radius 3 is 2.46 bits per heavy atom. The minimum Gasteiger partial charge on any atom is -0.446 e. The van der Waals surface area contributed by atoms with Crippen molar-refractivity contribution >= 4 is 17.9 Å². The van der Waals surface area contributed by atoms with Crippen molar-refractivity contribution in [3.63, 3.8) is 0 Å². The van der Waals surface area contributed by atoms with Crippen molar-refractivity contribution in [3.8, 4) is 0 Å². The first-order chi connectivity index (χ1) is 17.8. The second kappa shape index (κ2) is 10.6. The molecule has 2 aromatic rings. The summed E-state index contributed by atoms with van der Waals surface area (Å²) in [5, 5.41) is 2.81. The highest BCUT2D eigenvalue weighted by Crippen LogP contribution is 2.38. The Bertz CT molecular complexity index is 1190. The van der Waals surface area contributed by atoms with Gasteiger partial charge in [0.2, 0.25) is 0 Å². The monoisotopic (exact) mass is 511 g/mol. The first-order valence-corrected chi connectivity index (χ1v) is 12.8. The van der Waals surface area contributed by atoms with Crippen molar-refractivity contribution in [2.45, 2.75) is 50.6 Å². The van der Waals surface area contributed by atoms with Crippen LogP contribution >= 0.6 is 0 Å². The number of cyclic esters (lactones) is 1. The molecule has 2 aromatic carbocycles. The Labute approximate surface area is 214 Å². The number of hydrogen-bond acceptors (Lipinski definition) is 5. The van der Waals surface area contributed by atoms with Crippen molar-refractivity contribution in [2.75, 3.05) is 26.2 Å². The van der Waals surface area contributed by atoms with E-state index in [1.54, 1.807) is 6.92 Å². The number of hydrogen-bond donors (Lipinski definition) is 1. The first-order valence-electron chi connectivity index (χ1n) is 12.8. The number of carbonyl (C=O) groups is 3. The first kappa shape index (κ1) is 25.3. The van der Waals surface area contributed by atoms with E-state index >= 15 is 0 Å². The van der Waals surface area contributed by atoms with E-state index in [0.717, 1.165) is 61.4 Å². The van der Waals surface area contributed by atoms with E-state index in [2.05, 4.69) is 16.3 Å². The average molecular weight is 512 g/mol. The minimum atomic E-state index is -1.04. The van der Waals surface area contributed by atoms with Crippen LogP contribution in [-0.2, 0) is 4.74 Å². The number of Topliss-reactive ketones (excluding diaryl/α,β-unsaturated/α-hetero) is 1. The van der Waals surface area contributed by atoms with Crippen molar-refractivity contribution in [1.29, 1.82) is 0 Å². The quantitative estimate of drug-likeness (QED) is 0.551. The fourth-order valence-corrected chi connectivity index (χ4v) is 5.89. The van der Waals surface area contributed by atoms with Crippen LogP contribution in [-0.4, -0.2) is 60.0 Å². The minimum absolute atomic E-state index is 0.103. The maximum atomic E-state index is 13.7. The summed E-state index contributed by atoms with van der Waals surface area (Å²) in [5.41, 5.74) is 2.30. The number of imide groups is 1. The molecule has 37 heavy (non-hydrogen) atoms. The third-order valence-electron chi connectivity index (χ3n) is 7.94. The number of carbonyl (C=O) groups excluding carboxylic acids is 3. The Hall–Kier alpha value is -3.33. The van der Waals surface area contributed by atoms with Crippen molar-refractivity contribution in [3.05, 3.63) is 70.8 Å². The van der Waals surface area contributed by atoms with Crippen LogP contribution in [0.3, 0.4) is 0 Å². The molecule has 7 nitrogen and oxygen atoms in total. The van der Waals surface area contributed by atoms with Gasteiger partial charge in [-0.05, 0) is 61.8 Å². The van der Waals surface area contributed by atoms with Gasteiger partial charge in [-0.3, -0.25) is 9.69 Å². The van der Waals surface area contributed by atoms with Gasteiger partial charge in [0.25, 0.3) is 0 Å². The second-order valence-corrected chi connectivity index (χ2v) is 10.3. The van der Waals surface area contributed by atoms with Gasteiger partial charge in [-0.25, -0.2) is 23.3 Å². The summed E-state index contributed by atoms with van der Waals surface area (Å²) in [6.07, 6.45) is 3.45. The number of amides is 3. The highest BCUT2D eigenvalue weighted by Gasteiger charge is 2.40. The van der Waals surface area contributed by atoms with Crippen LogP contribution in [0.2, 0.25) is 0 Å². The van der Waals surface area contributed by atoms with Crippen LogP contribution in [0.1, 0.15) is 66.1 Å². The summed E-state index contributed by atoms with van der Waals surface area (Å²) in [4.78, 5) is 40.3. The smallest absolute Gasteiger partial charge is 0.418 e. The predicted octanol–water partition coefficient (Wildman–Crippen LogP) is 5.03. The molecule has 2 saturated heterocycles. The summed E-state index contributed by atoms with van der Waals surface area (Å²) in [6, 6.07) is 10.3. The van der Waals surface area contributed by atoms with E-state index in [9.17, 15) is 23.2 Å². The summed E-state index contributed by atoms with van der Waals surface area (Å²) in [6.45, 7) is 3.69. The lowest BCUT2D eigenvalue weighted by atomic mass is 9.78. The van der Waals surface area contributed by atoms with E-state index in [1.807, 2.05) is 18.2 Å². The van der Waals surface area contributed by atoms with E-state index in [0.29, 0.717) is 24.1 Å². The molecule has 1 aliphatic carbocycles. The molecule has 2 aliphatic heterocycles. The molecule has 9 heteroatoms. The molecule has 0 spiro atoms. The Balaban J connectivity index is 1.09. The third kappa shape index (κ3) is 5.23. The lowest BCUT2D eigenvalue weighted by Crippen LogP contribution is -2.56. The molecule has 3 aliphatic rings. The van der Waals surface area contributed by atoms with Gasteiger partial charge in [0, 0.05) is 37.2 Å². The number of nitrogens with zero attached hydrogens (tertiary/aromatic N) is 2. The van der Waals surface area contributed by atoms with E-state index < -0.39 is 29.8 Å². The van der Waals surface area contributed by atoms with Crippen LogP contribution in [0.4, 0.5) is 18.4 Å². The predicted molar refractivity (Wildman–Crippen MR) is 132 cm³/mol. The highest BCUT2D eigenvalue weighted by molar-refractivity contribution is 5.95. The molecule has 1 atom stereocenters. The molecule has 3 amide bonds. The molecular formula is C28H31F2N3O4. The molecule has 1 unspecified atom stereocenters. The van der Waals surface area contributed by atoms with E-state index in [4.69, 9.17) is 4.74 Å². The van der Waals surface area contributed by atoms with Gasteiger partial charge in [0.15, 0.2) is 17.4 Å². The zero-order chi connectivity index (χ0) is 26.1. The molecule has 0 aromatic heterocycles. The van der Waals surface area contributed by atoms with Crippen molar-refractivity contribution < 1.29 is 27.9 Å². The molecule has 1 N–H and O–H groups in total. The van der Waals surface area contributed by atoms with Crippen LogP contribution < -0.4 is 5.32 Å². The number of rotatable bonds is 6. The number of urea groups is 1. The molecule has 3 fully saturated rings. The van der Waals surface area contributed by atoms with Crippen LogP contribution in [0.25, 0.3) is 0 Å². The molecule has 5 rings (SSSR count). The lowest BCUT2D eigenvalue weighted by molar-refractivity contribution is 0.0334. The van der Waals surface area contributed by atoms with Gasteiger partial charge in [-0.1, -0.05) is 30.3 Å². The molecule has 0 bridgehead atoms. The fraction of sp³-hybridized carbons (Fsp3) is 0.464. The largest absolute Gasteiger partial charge is 0.446 e. The highest BCUT2D eigenvalue weighted by atomic mass is 19.2. The van der Waals surface area contributed by atoms with Crippen LogP contribution in [0, 0.1) is 17.6 Å². The number of ketones is 1. The second-order valence-electron chi connectivity index (χ2n) is 10.3. The standard InChI is InChI=1S/C28H31F2N3O4/c1-17(34)22-4-2-3-5-23(22)19-6-9-21(10-7-19)32-14-18(15-32)13-31-27(35)33-26(16-37-28(33)36)20-8-11-24(29)25(30)12-20/h2-5,8,11-12,18-19,21,26H,6-7,9-10,13-16H2,1H3,(H,31,35). The zero-order valence-electron chi connectivity index (χ0n) is 20.8. The van der Waals surface area contributed by atoms with Crippen LogP contribution in [0.5, 0.6) is 0 Å². The van der Waals surface area contributed by atoms with E-state index in [1.165, 1.54) is 11.6 Å². The van der Waals surface area contributed by atoms with Gasteiger partial charge in [-0.15, -0.1) is 0 Å². The number of ether oxygens (including phenoxy) is 1. The van der Waals surface area contributed by atoms with E-state index in [-0.39, 0.29) is 18.3 Å². The number of likely N-dealkylation sites (tertiary alicyclic amines) is 1. The summed E-state index contributed by atoms with van der Waals surface area (Å²) >= 11 is 0. The Morgan fingerprint density at radius 2 is 1.76 bits per heavy atom. The summed E-state index contributed by atoms with van der Waals surface area (Å²) in [7, 11) is 0. The lowest BCUT2D eigenvalue weighted by Gasteiger charge is -2.47. The number of benzene rings is 2.